The molecular weight excluding hydrogens is 226 g/mol. The summed E-state index contributed by atoms with van der Waals surface area (Å²) in [5, 5.41) is 3.55. The molecule has 1 aliphatic carbocycles. The SMILES string of the molecule is CC(C)c1ccc(SCCCNC2CC2)cc1. The van der Waals surface area contributed by atoms with Crippen molar-refractivity contribution in [3.8, 4) is 0 Å². The maximum Gasteiger partial charge on any atom is 0.00721 e. The normalized spacial score (nSPS) is 15.5. The Labute approximate surface area is 109 Å². The van der Waals surface area contributed by atoms with Crippen molar-refractivity contribution in [3.05, 3.63) is 29.8 Å². The summed E-state index contributed by atoms with van der Waals surface area (Å²) < 4.78 is 0. The van der Waals surface area contributed by atoms with Crippen LogP contribution >= 0.6 is 11.8 Å². The Hall–Kier alpha value is -0.470. The van der Waals surface area contributed by atoms with E-state index >= 15 is 0 Å². The standard InChI is InChI=1S/C15H23NS/c1-12(2)13-4-8-15(9-5-13)17-11-3-10-16-14-6-7-14/h4-5,8-9,12,14,16H,3,6-7,10-11H2,1-2H3. The predicted octanol–water partition coefficient (Wildman–Crippen LogP) is 4.04. The quantitative estimate of drug-likeness (QED) is 0.578. The summed E-state index contributed by atoms with van der Waals surface area (Å²) in [5.41, 5.74) is 1.43. The third kappa shape index (κ3) is 4.72. The fourth-order valence-electron chi connectivity index (χ4n) is 1.80. The van der Waals surface area contributed by atoms with Gasteiger partial charge in [0, 0.05) is 10.9 Å². The van der Waals surface area contributed by atoms with E-state index in [-0.39, 0.29) is 0 Å². The molecule has 1 fully saturated rings. The second-order valence-electron chi connectivity index (χ2n) is 5.15. The van der Waals surface area contributed by atoms with Crippen LogP contribution in [0.3, 0.4) is 0 Å². The number of hydrogen-bond acceptors (Lipinski definition) is 2. The second-order valence-corrected chi connectivity index (χ2v) is 6.32. The molecule has 2 heteroatoms. The van der Waals surface area contributed by atoms with Crippen LogP contribution in [0.1, 0.15) is 44.6 Å². The molecule has 1 aliphatic rings. The van der Waals surface area contributed by atoms with Gasteiger partial charge in [-0.2, -0.15) is 0 Å². The zero-order valence-corrected chi connectivity index (χ0v) is 11.7. The first kappa shape index (κ1) is 13.0. The van der Waals surface area contributed by atoms with E-state index in [4.69, 9.17) is 0 Å². The molecule has 0 spiro atoms. The van der Waals surface area contributed by atoms with Crippen molar-refractivity contribution < 1.29 is 0 Å². The maximum absolute atomic E-state index is 3.55. The average Bonchev–Trinajstić information content (AvgIpc) is 3.13. The van der Waals surface area contributed by atoms with Gasteiger partial charge in [-0.15, -0.1) is 11.8 Å². The number of thioether (sulfide) groups is 1. The lowest BCUT2D eigenvalue weighted by Crippen LogP contribution is -2.17. The molecule has 0 heterocycles. The van der Waals surface area contributed by atoms with Crippen LogP contribution in [-0.2, 0) is 0 Å². The largest absolute Gasteiger partial charge is 0.314 e. The van der Waals surface area contributed by atoms with Crippen LogP contribution in [0, 0.1) is 0 Å². The van der Waals surface area contributed by atoms with E-state index in [1.54, 1.807) is 0 Å². The van der Waals surface area contributed by atoms with Crippen molar-refractivity contribution >= 4 is 11.8 Å². The molecule has 1 aromatic carbocycles. The van der Waals surface area contributed by atoms with Crippen molar-refractivity contribution in [1.29, 1.82) is 0 Å². The van der Waals surface area contributed by atoms with Crippen molar-refractivity contribution in [3.63, 3.8) is 0 Å². The van der Waals surface area contributed by atoms with Gasteiger partial charge in [-0.1, -0.05) is 26.0 Å². The van der Waals surface area contributed by atoms with E-state index in [1.165, 1.54) is 42.0 Å². The van der Waals surface area contributed by atoms with Gasteiger partial charge in [0.15, 0.2) is 0 Å². The first-order valence-electron chi connectivity index (χ1n) is 6.72. The molecule has 0 aromatic heterocycles. The fraction of sp³-hybridized carbons (Fsp3) is 0.600. The highest BCUT2D eigenvalue weighted by Gasteiger charge is 2.19. The van der Waals surface area contributed by atoms with E-state index < -0.39 is 0 Å². The zero-order valence-electron chi connectivity index (χ0n) is 10.9. The highest BCUT2D eigenvalue weighted by atomic mass is 32.2. The van der Waals surface area contributed by atoms with Gasteiger partial charge in [-0.3, -0.25) is 0 Å². The van der Waals surface area contributed by atoms with Gasteiger partial charge >= 0.3 is 0 Å². The first-order valence-corrected chi connectivity index (χ1v) is 7.70. The van der Waals surface area contributed by atoms with E-state index in [2.05, 4.69) is 43.4 Å². The van der Waals surface area contributed by atoms with E-state index in [1.807, 2.05) is 11.8 Å². The summed E-state index contributed by atoms with van der Waals surface area (Å²) in [6, 6.07) is 9.89. The van der Waals surface area contributed by atoms with Gasteiger partial charge in [0.1, 0.15) is 0 Å². The Balaban J connectivity index is 1.63. The summed E-state index contributed by atoms with van der Waals surface area (Å²) in [7, 11) is 0. The molecule has 17 heavy (non-hydrogen) atoms. The van der Waals surface area contributed by atoms with Gasteiger partial charge in [-0.05, 0) is 55.2 Å². The van der Waals surface area contributed by atoms with Gasteiger partial charge in [-0.25, -0.2) is 0 Å². The Morgan fingerprint density at radius 2 is 1.94 bits per heavy atom. The van der Waals surface area contributed by atoms with Gasteiger partial charge in [0.05, 0.1) is 0 Å². The minimum atomic E-state index is 0.636. The minimum Gasteiger partial charge on any atom is -0.314 e. The van der Waals surface area contributed by atoms with Crippen molar-refractivity contribution in [1.82, 2.24) is 5.32 Å². The van der Waals surface area contributed by atoms with Gasteiger partial charge in [0.25, 0.3) is 0 Å². The molecule has 2 rings (SSSR count). The van der Waals surface area contributed by atoms with Gasteiger partial charge in [0.2, 0.25) is 0 Å². The maximum atomic E-state index is 3.55. The van der Waals surface area contributed by atoms with E-state index in [0.717, 1.165) is 6.04 Å². The second kappa shape index (κ2) is 6.46. The highest BCUT2D eigenvalue weighted by Crippen LogP contribution is 2.22. The molecule has 0 unspecified atom stereocenters. The molecule has 0 radical (unpaired) electrons. The summed E-state index contributed by atoms with van der Waals surface area (Å²) in [6.07, 6.45) is 4.06. The van der Waals surface area contributed by atoms with Crippen LogP contribution in [-0.4, -0.2) is 18.3 Å². The molecular formula is C15H23NS. The van der Waals surface area contributed by atoms with Crippen LogP contribution in [0.4, 0.5) is 0 Å². The summed E-state index contributed by atoms with van der Waals surface area (Å²) in [6.45, 7) is 5.67. The van der Waals surface area contributed by atoms with Crippen LogP contribution in [0.5, 0.6) is 0 Å². The van der Waals surface area contributed by atoms with Crippen molar-refractivity contribution in [2.45, 2.75) is 50.0 Å². The topological polar surface area (TPSA) is 12.0 Å². The van der Waals surface area contributed by atoms with Crippen LogP contribution < -0.4 is 5.32 Å². The molecule has 0 saturated heterocycles. The highest BCUT2D eigenvalue weighted by molar-refractivity contribution is 7.99. The van der Waals surface area contributed by atoms with Crippen LogP contribution in [0.15, 0.2) is 29.2 Å². The van der Waals surface area contributed by atoms with Crippen LogP contribution in [0.25, 0.3) is 0 Å². The Kier molecular flexibility index (Phi) is 4.93. The number of benzene rings is 1. The lowest BCUT2D eigenvalue weighted by atomic mass is 10.0. The molecule has 0 atom stereocenters. The molecule has 1 N–H and O–H groups in total. The molecule has 0 aliphatic heterocycles. The third-order valence-electron chi connectivity index (χ3n) is 3.15. The zero-order chi connectivity index (χ0) is 12.1. The monoisotopic (exact) mass is 249 g/mol. The summed E-state index contributed by atoms with van der Waals surface area (Å²) >= 11 is 1.97. The lowest BCUT2D eigenvalue weighted by molar-refractivity contribution is 0.674. The molecule has 0 amide bonds. The van der Waals surface area contributed by atoms with Crippen LogP contribution in [0.2, 0.25) is 0 Å². The molecule has 1 aromatic rings. The van der Waals surface area contributed by atoms with E-state index in [9.17, 15) is 0 Å². The number of rotatable bonds is 7. The lowest BCUT2D eigenvalue weighted by Gasteiger charge is -2.07. The van der Waals surface area contributed by atoms with Crippen molar-refractivity contribution in [2.24, 2.45) is 0 Å². The molecule has 1 saturated carbocycles. The smallest absolute Gasteiger partial charge is 0.00721 e. The summed E-state index contributed by atoms with van der Waals surface area (Å²) in [4.78, 5) is 1.40. The van der Waals surface area contributed by atoms with Crippen molar-refractivity contribution in [2.75, 3.05) is 12.3 Å². The van der Waals surface area contributed by atoms with E-state index in [0.29, 0.717) is 5.92 Å². The fourth-order valence-corrected chi connectivity index (χ4v) is 2.66. The number of nitrogens with one attached hydrogen (secondary N) is 1. The first-order chi connectivity index (χ1) is 8.25. The minimum absolute atomic E-state index is 0.636. The Morgan fingerprint density at radius 1 is 1.24 bits per heavy atom. The third-order valence-corrected chi connectivity index (χ3v) is 4.25. The number of hydrogen-bond donors (Lipinski definition) is 1. The van der Waals surface area contributed by atoms with Gasteiger partial charge < -0.3 is 5.32 Å². The Bertz CT molecular complexity index is 327. The molecule has 0 bridgehead atoms. The Morgan fingerprint density at radius 3 is 2.53 bits per heavy atom. The molecule has 94 valence electrons. The predicted molar refractivity (Wildman–Crippen MR) is 76.9 cm³/mol. The summed E-state index contributed by atoms with van der Waals surface area (Å²) in [5.74, 6) is 1.86. The molecule has 1 nitrogen and oxygen atoms in total. The average molecular weight is 249 g/mol.